The van der Waals surface area contributed by atoms with Crippen LogP contribution in [0.2, 0.25) is 0 Å². The summed E-state index contributed by atoms with van der Waals surface area (Å²) < 4.78 is 34.0. The number of rotatable bonds is 8. The van der Waals surface area contributed by atoms with Crippen molar-refractivity contribution in [2.24, 2.45) is 17.6 Å². The summed E-state index contributed by atoms with van der Waals surface area (Å²) in [6, 6.07) is 4.96. The maximum atomic E-state index is 14.5. The number of primary amides is 1. The summed E-state index contributed by atoms with van der Waals surface area (Å²) in [7, 11) is 0. The Morgan fingerprint density at radius 2 is 2.03 bits per heavy atom. The molecule has 0 bridgehead atoms. The molecule has 1 amide bonds. The molecule has 172 valence electrons. The van der Waals surface area contributed by atoms with E-state index in [0.29, 0.717) is 42.2 Å². The second-order valence-corrected chi connectivity index (χ2v) is 8.94. The van der Waals surface area contributed by atoms with Gasteiger partial charge in [0.15, 0.2) is 0 Å². The van der Waals surface area contributed by atoms with Crippen molar-refractivity contribution in [2.45, 2.75) is 58.1 Å². The van der Waals surface area contributed by atoms with E-state index in [2.05, 4.69) is 10.3 Å². The van der Waals surface area contributed by atoms with Gasteiger partial charge in [-0.3, -0.25) is 4.79 Å². The molecule has 1 aliphatic carbocycles. The van der Waals surface area contributed by atoms with Crippen molar-refractivity contribution in [1.29, 1.82) is 0 Å². The fraction of sp³-hybridized carbons (Fsp3) is 0.520. The van der Waals surface area contributed by atoms with Gasteiger partial charge in [-0.05, 0) is 79.8 Å². The minimum Gasteiger partial charge on any atom is -0.378 e. The number of nitrogens with zero attached hydrogens (tertiary/aromatic N) is 1. The van der Waals surface area contributed by atoms with Crippen LogP contribution in [0.1, 0.15) is 60.8 Å². The highest BCUT2D eigenvalue weighted by Gasteiger charge is 2.32. The lowest BCUT2D eigenvalue weighted by Gasteiger charge is -2.39. The van der Waals surface area contributed by atoms with E-state index >= 15 is 0 Å². The van der Waals surface area contributed by atoms with Crippen LogP contribution in [-0.2, 0) is 17.7 Å². The molecule has 2 fully saturated rings. The molecule has 0 radical (unpaired) electrons. The number of aromatic nitrogens is 1. The van der Waals surface area contributed by atoms with E-state index in [1.807, 2.05) is 6.92 Å². The van der Waals surface area contributed by atoms with Gasteiger partial charge >= 0.3 is 0 Å². The normalized spacial score (nSPS) is 21.3. The van der Waals surface area contributed by atoms with Crippen LogP contribution in [0.15, 0.2) is 24.3 Å². The van der Waals surface area contributed by atoms with Gasteiger partial charge < -0.3 is 15.8 Å². The Bertz CT molecular complexity index is 978. The van der Waals surface area contributed by atoms with Gasteiger partial charge in [-0.15, -0.1) is 0 Å². The van der Waals surface area contributed by atoms with E-state index in [1.165, 1.54) is 37.5 Å². The molecule has 1 aromatic heterocycles. The van der Waals surface area contributed by atoms with Gasteiger partial charge in [0.2, 0.25) is 0 Å². The lowest BCUT2D eigenvalue weighted by molar-refractivity contribution is -0.0610. The maximum Gasteiger partial charge on any atom is 0.267 e. The van der Waals surface area contributed by atoms with Crippen molar-refractivity contribution in [3.05, 3.63) is 52.9 Å². The zero-order valence-electron chi connectivity index (χ0n) is 18.5. The number of ether oxygens (including phenoxy) is 1. The number of nitrogens with one attached hydrogen (secondary N) is 1. The first-order chi connectivity index (χ1) is 15.5. The Balaban J connectivity index is 1.52. The van der Waals surface area contributed by atoms with Gasteiger partial charge in [0.25, 0.3) is 5.91 Å². The SMILES string of the molecule is CCc1c(-c2ccc(F)cc2F)cc(C(N)=O)nc1CNCC1CCOC(C2CCC2)C1. The predicted molar refractivity (Wildman–Crippen MR) is 119 cm³/mol. The van der Waals surface area contributed by atoms with Gasteiger partial charge in [0.05, 0.1) is 11.8 Å². The number of nitrogens with two attached hydrogens (primary N) is 1. The number of hydrogen-bond donors (Lipinski definition) is 2. The van der Waals surface area contributed by atoms with Crippen LogP contribution >= 0.6 is 0 Å². The summed E-state index contributed by atoms with van der Waals surface area (Å²) in [6.45, 7) is 4.04. The Morgan fingerprint density at radius 3 is 2.69 bits per heavy atom. The Hall–Kier alpha value is -2.38. The van der Waals surface area contributed by atoms with Crippen LogP contribution in [0, 0.1) is 23.5 Å². The zero-order chi connectivity index (χ0) is 22.7. The van der Waals surface area contributed by atoms with E-state index in [1.54, 1.807) is 0 Å². The topological polar surface area (TPSA) is 77.2 Å². The highest BCUT2D eigenvalue weighted by Crippen LogP contribution is 2.36. The molecule has 1 saturated heterocycles. The standard InChI is InChI=1S/C25H31F2N3O2/c1-2-18-20(19-7-6-17(26)11-21(19)27)12-22(25(28)31)30-23(18)14-29-13-15-8-9-32-24(10-15)16-4-3-5-16/h6-7,11-12,15-16,24,29H,2-5,8-10,13-14H2,1H3,(H2,28,31). The summed E-state index contributed by atoms with van der Waals surface area (Å²) in [5.41, 5.74) is 7.84. The lowest BCUT2D eigenvalue weighted by atomic mass is 9.77. The number of hydrogen-bond acceptors (Lipinski definition) is 4. The highest BCUT2D eigenvalue weighted by molar-refractivity contribution is 5.92. The van der Waals surface area contributed by atoms with Gasteiger partial charge in [0.1, 0.15) is 17.3 Å². The Labute approximate surface area is 187 Å². The second-order valence-electron chi connectivity index (χ2n) is 8.94. The maximum absolute atomic E-state index is 14.5. The summed E-state index contributed by atoms with van der Waals surface area (Å²) in [6.07, 6.45) is 6.92. The molecule has 7 heteroatoms. The monoisotopic (exact) mass is 443 g/mol. The Morgan fingerprint density at radius 1 is 1.22 bits per heavy atom. The molecule has 1 saturated carbocycles. The van der Waals surface area contributed by atoms with Gasteiger partial charge in [-0.25, -0.2) is 13.8 Å². The third-order valence-corrected chi connectivity index (χ3v) is 6.86. The predicted octanol–water partition coefficient (Wildman–Crippen LogP) is 4.37. The molecule has 0 spiro atoms. The smallest absolute Gasteiger partial charge is 0.267 e. The molecule has 2 aliphatic rings. The quantitative estimate of drug-likeness (QED) is 0.635. The summed E-state index contributed by atoms with van der Waals surface area (Å²) in [5, 5.41) is 3.49. The van der Waals surface area contributed by atoms with E-state index in [-0.39, 0.29) is 11.3 Å². The zero-order valence-corrected chi connectivity index (χ0v) is 18.5. The summed E-state index contributed by atoms with van der Waals surface area (Å²) >= 11 is 0. The van der Waals surface area contributed by atoms with Gasteiger partial charge in [0, 0.05) is 24.8 Å². The van der Waals surface area contributed by atoms with Crippen LogP contribution in [0.4, 0.5) is 8.78 Å². The van der Waals surface area contributed by atoms with Crippen molar-refractivity contribution < 1.29 is 18.3 Å². The number of carbonyl (C=O) groups is 1. The van der Waals surface area contributed by atoms with E-state index < -0.39 is 17.5 Å². The molecule has 32 heavy (non-hydrogen) atoms. The Kier molecular flexibility index (Phi) is 7.16. The van der Waals surface area contributed by atoms with Crippen LogP contribution < -0.4 is 11.1 Å². The third kappa shape index (κ3) is 4.99. The van der Waals surface area contributed by atoms with Gasteiger partial charge in [-0.1, -0.05) is 13.3 Å². The van der Waals surface area contributed by atoms with E-state index in [0.717, 1.165) is 37.6 Å². The first-order valence-electron chi connectivity index (χ1n) is 11.6. The second kappa shape index (κ2) is 10.0. The molecule has 2 aromatic rings. The molecule has 2 unspecified atom stereocenters. The van der Waals surface area contributed by atoms with Crippen LogP contribution in [0.5, 0.6) is 0 Å². The first kappa shape index (κ1) is 22.8. The minimum absolute atomic E-state index is 0.0776. The average molecular weight is 444 g/mol. The number of benzene rings is 1. The van der Waals surface area contributed by atoms with Crippen molar-refractivity contribution in [2.75, 3.05) is 13.2 Å². The van der Waals surface area contributed by atoms with E-state index in [9.17, 15) is 13.6 Å². The van der Waals surface area contributed by atoms with Crippen molar-refractivity contribution in [3.63, 3.8) is 0 Å². The molecule has 4 rings (SSSR count). The molecular weight excluding hydrogens is 412 g/mol. The molecular formula is C25H31F2N3O2. The number of halogens is 2. The summed E-state index contributed by atoms with van der Waals surface area (Å²) in [5.74, 6) is -0.749. The fourth-order valence-corrected chi connectivity index (χ4v) is 4.86. The van der Waals surface area contributed by atoms with Crippen LogP contribution in [0.3, 0.4) is 0 Å². The molecule has 2 atom stereocenters. The molecule has 1 aliphatic heterocycles. The largest absolute Gasteiger partial charge is 0.378 e. The molecule has 3 N–H and O–H groups in total. The van der Waals surface area contributed by atoms with Crippen LogP contribution in [0.25, 0.3) is 11.1 Å². The fourth-order valence-electron chi connectivity index (χ4n) is 4.86. The molecule has 5 nitrogen and oxygen atoms in total. The number of amides is 1. The van der Waals surface area contributed by atoms with Gasteiger partial charge in [-0.2, -0.15) is 0 Å². The first-order valence-corrected chi connectivity index (χ1v) is 11.6. The lowest BCUT2D eigenvalue weighted by Crippen LogP contribution is -2.38. The van der Waals surface area contributed by atoms with E-state index in [4.69, 9.17) is 10.5 Å². The average Bonchev–Trinajstić information content (AvgIpc) is 2.72. The number of pyridine rings is 1. The minimum atomic E-state index is -0.676. The third-order valence-electron chi connectivity index (χ3n) is 6.86. The van der Waals surface area contributed by atoms with Crippen molar-refractivity contribution >= 4 is 5.91 Å². The van der Waals surface area contributed by atoms with Crippen LogP contribution in [-0.4, -0.2) is 30.1 Å². The van der Waals surface area contributed by atoms with Crippen molar-refractivity contribution in [1.82, 2.24) is 10.3 Å². The molecule has 1 aromatic carbocycles. The van der Waals surface area contributed by atoms with Crippen molar-refractivity contribution in [3.8, 4) is 11.1 Å². The highest BCUT2D eigenvalue weighted by atomic mass is 19.1. The number of carbonyl (C=O) groups excluding carboxylic acids is 1. The molecule has 2 heterocycles. The summed E-state index contributed by atoms with van der Waals surface area (Å²) in [4.78, 5) is 16.4.